The molecule has 17 aromatic rings. The van der Waals surface area contributed by atoms with Gasteiger partial charge in [-0.1, -0.05) is 166 Å². The van der Waals surface area contributed by atoms with Gasteiger partial charge in [0.1, 0.15) is 28.1 Å². The first-order valence-corrected chi connectivity index (χ1v) is 30.5. The summed E-state index contributed by atoms with van der Waals surface area (Å²) in [6.07, 6.45) is 5.85. The molecular formula is C84H56N4O3Pt-2. The van der Waals surface area contributed by atoms with Gasteiger partial charge in [0.05, 0.1) is 16.7 Å². The smallest absolute Gasteiger partial charge is 0.268 e. The van der Waals surface area contributed by atoms with Gasteiger partial charge < -0.3 is 22.7 Å². The zero-order chi connectivity index (χ0) is 65.8. The summed E-state index contributed by atoms with van der Waals surface area (Å²) in [4.78, 5) is 4.93. The Bertz CT molecular complexity index is 6130. The van der Waals surface area contributed by atoms with Crippen LogP contribution in [0.4, 0.5) is 0 Å². The molecule has 0 N–H and O–H groups in total. The van der Waals surface area contributed by atoms with Crippen LogP contribution in [0, 0.1) is 32.2 Å². The molecule has 0 amide bonds. The third-order valence-electron chi connectivity index (χ3n) is 18.2. The summed E-state index contributed by atoms with van der Waals surface area (Å²) in [5.74, 6) is 1.70. The molecule has 8 heteroatoms. The largest absolute Gasteiger partial charge is 0.510 e. The zero-order valence-electron chi connectivity index (χ0n) is 56.0. The van der Waals surface area contributed by atoms with E-state index in [0.717, 1.165) is 127 Å². The van der Waals surface area contributed by atoms with Crippen molar-refractivity contribution in [1.82, 2.24) is 14.1 Å². The number of hydrogen-bond donors (Lipinski definition) is 0. The van der Waals surface area contributed by atoms with Gasteiger partial charge in [-0.05, 0) is 186 Å². The SMILES string of the molecule is [2H]C([2H])([2H])c1cccc(C([2H])([2H])[2H])c1-c1cc(-c2ccc3oc4ccccc4c3c2)c2c(c1)-c1ccccc1-c1ccccc1-c1cc(-c3ccc4oc5ccccc5c4c3)cc3c1[n+]-2[c-]n3-c1[c-]c(Oc2[c-]c3c(cc2)c2ccccc2n3-c2cc(C(C)(C)C)ccn2)ccc1.[Pt]. The average molecular weight is 1370 g/mol. The standard InChI is InChI=1S/C84H56N4O3.Pt/c1-50-18-16-19-51(2)81(50)55-43-68(53-33-37-79-70(41-53)67-28-12-15-31-77(67)91-79)82-71(44-55)62-24-8-6-22-60(62)61-23-7-9-25-63(61)72-42-54(52-32-36-78-69(40-52)66-27-11-14-30-76(66)90-78)45-75-83(72)87(82)49-86(75)57-20-17-21-58(47-57)89-59-34-35-65-64-26-10-13-29-73(64)88(74(65)48-59)80-46-56(38-39-85-80)84(3,4)5;/h6-46H,1-5H3;/q-2;/i1D3,2D3;. The van der Waals surface area contributed by atoms with Gasteiger partial charge in [0.15, 0.2) is 0 Å². The van der Waals surface area contributed by atoms with Crippen molar-refractivity contribution < 1.29 is 47.4 Å². The molecule has 0 saturated carbocycles. The molecule has 0 aliphatic carbocycles. The molecule has 7 nitrogen and oxygen atoms in total. The number of benzene rings is 12. The van der Waals surface area contributed by atoms with E-state index in [9.17, 15) is 0 Å². The third-order valence-corrected chi connectivity index (χ3v) is 18.2. The number of ether oxygens (including phenoxy) is 1. The summed E-state index contributed by atoms with van der Waals surface area (Å²) in [5, 5.41) is 5.86. The average Bonchev–Trinajstić information content (AvgIpc) is 1.62. The molecule has 92 heavy (non-hydrogen) atoms. The maximum atomic E-state index is 9.00. The predicted molar refractivity (Wildman–Crippen MR) is 369 cm³/mol. The Labute approximate surface area is 554 Å². The molecule has 0 spiro atoms. The van der Waals surface area contributed by atoms with Crippen LogP contribution in [0.25, 0.3) is 161 Å². The molecule has 18 rings (SSSR count). The van der Waals surface area contributed by atoms with E-state index in [1.807, 2.05) is 126 Å². The molecule has 0 bridgehead atoms. The van der Waals surface area contributed by atoms with Crippen molar-refractivity contribution in [1.29, 1.82) is 0 Å². The molecule has 1 aliphatic rings. The summed E-state index contributed by atoms with van der Waals surface area (Å²) in [6.45, 7) is 1.21. The van der Waals surface area contributed by atoms with Crippen molar-refractivity contribution in [3.63, 3.8) is 0 Å². The van der Waals surface area contributed by atoms with Gasteiger partial charge >= 0.3 is 0 Å². The van der Waals surface area contributed by atoms with Gasteiger partial charge in [0.25, 0.3) is 6.33 Å². The van der Waals surface area contributed by atoms with Crippen LogP contribution in [0.1, 0.15) is 45.7 Å². The minimum absolute atomic E-state index is 0. The van der Waals surface area contributed by atoms with E-state index in [1.54, 1.807) is 0 Å². The fourth-order valence-electron chi connectivity index (χ4n) is 13.9. The van der Waals surface area contributed by atoms with Crippen molar-refractivity contribution in [2.75, 3.05) is 0 Å². The molecular weight excluding hydrogens is 1310 g/mol. The van der Waals surface area contributed by atoms with Crippen LogP contribution < -0.4 is 9.30 Å². The Morgan fingerprint density at radius 3 is 1.75 bits per heavy atom. The number of nitrogens with zero attached hydrogens (tertiary/aromatic N) is 4. The minimum atomic E-state index is -2.70. The Balaban J connectivity index is 0.00000722. The van der Waals surface area contributed by atoms with Crippen LogP contribution in [0.3, 0.4) is 0 Å². The number of aryl methyl sites for hydroxylation is 2. The molecule has 0 fully saturated rings. The number of para-hydroxylation sites is 3. The number of rotatable bonds is 7. The van der Waals surface area contributed by atoms with E-state index in [0.29, 0.717) is 45.1 Å². The maximum absolute atomic E-state index is 9.00. The Hall–Kier alpha value is -10.9. The summed E-state index contributed by atoms with van der Waals surface area (Å²) >= 11 is 0. The Morgan fingerprint density at radius 2 is 1.04 bits per heavy atom. The third kappa shape index (κ3) is 8.74. The predicted octanol–water partition coefficient (Wildman–Crippen LogP) is 21.6. The Morgan fingerprint density at radius 1 is 0.457 bits per heavy atom. The van der Waals surface area contributed by atoms with Gasteiger partial charge in [-0.3, -0.25) is 4.57 Å². The van der Waals surface area contributed by atoms with E-state index in [4.69, 9.17) is 26.8 Å². The van der Waals surface area contributed by atoms with Crippen LogP contribution in [-0.4, -0.2) is 14.1 Å². The van der Waals surface area contributed by atoms with E-state index < -0.39 is 13.7 Å². The fourth-order valence-corrected chi connectivity index (χ4v) is 13.9. The molecule has 0 saturated heterocycles. The van der Waals surface area contributed by atoms with Crippen molar-refractivity contribution in [3.8, 4) is 95.5 Å². The molecule has 1 aliphatic heterocycles. The second kappa shape index (κ2) is 21.1. The number of pyridine rings is 1. The molecule has 0 unspecified atom stereocenters. The maximum Gasteiger partial charge on any atom is 0.268 e. The van der Waals surface area contributed by atoms with Crippen molar-refractivity contribution in [3.05, 3.63) is 284 Å². The fraction of sp³-hybridized carbons (Fsp3) is 0.0714. The van der Waals surface area contributed by atoms with Crippen molar-refractivity contribution in [2.45, 2.75) is 39.9 Å². The molecule has 5 aromatic heterocycles. The quantitative estimate of drug-likeness (QED) is 0.118. The van der Waals surface area contributed by atoms with E-state index in [2.05, 4.69) is 158 Å². The summed E-state index contributed by atoms with van der Waals surface area (Å²) in [5.41, 5.74) is 17.7. The second-order valence-electron chi connectivity index (χ2n) is 24.6. The van der Waals surface area contributed by atoms with E-state index >= 15 is 0 Å². The van der Waals surface area contributed by atoms with Crippen LogP contribution in [-0.2, 0) is 26.5 Å². The summed E-state index contributed by atoms with van der Waals surface area (Å²) in [6, 6.07) is 88.0. The van der Waals surface area contributed by atoms with Crippen LogP contribution >= 0.6 is 0 Å². The first-order chi connectivity index (χ1) is 47.0. The van der Waals surface area contributed by atoms with Crippen LogP contribution in [0.2, 0.25) is 0 Å². The zero-order valence-corrected chi connectivity index (χ0v) is 52.3. The van der Waals surface area contributed by atoms with Gasteiger partial charge in [-0.25, -0.2) is 4.98 Å². The number of hydrogen-bond acceptors (Lipinski definition) is 4. The number of imidazole rings is 1. The molecule has 442 valence electrons. The first-order valence-electron chi connectivity index (χ1n) is 33.5. The van der Waals surface area contributed by atoms with Crippen LogP contribution in [0.15, 0.2) is 258 Å². The second-order valence-corrected chi connectivity index (χ2v) is 24.6. The number of fused-ring (bicyclic) bond motifs is 16. The first kappa shape index (κ1) is 49.0. The van der Waals surface area contributed by atoms with Gasteiger partial charge in [-0.2, -0.15) is 18.2 Å². The normalized spacial score (nSPS) is 13.3. The Kier molecular flexibility index (Phi) is 11.3. The van der Waals surface area contributed by atoms with Gasteiger partial charge in [0.2, 0.25) is 0 Å². The number of aromatic nitrogens is 4. The number of furan rings is 2. The molecule has 0 atom stereocenters. The van der Waals surface area contributed by atoms with Gasteiger partial charge in [-0.15, -0.1) is 29.7 Å². The molecule has 12 aromatic carbocycles. The van der Waals surface area contributed by atoms with E-state index in [1.165, 1.54) is 18.2 Å². The summed E-state index contributed by atoms with van der Waals surface area (Å²) in [7, 11) is 0. The van der Waals surface area contributed by atoms with Crippen molar-refractivity contribution >= 4 is 76.7 Å². The molecule has 6 heterocycles. The van der Waals surface area contributed by atoms with E-state index in [-0.39, 0.29) is 43.2 Å². The monoisotopic (exact) mass is 1370 g/mol. The van der Waals surface area contributed by atoms with Gasteiger partial charge in [0, 0.05) is 74.0 Å². The topological polar surface area (TPSA) is 62.1 Å². The molecule has 0 radical (unpaired) electrons. The summed E-state index contributed by atoms with van der Waals surface area (Å²) < 4.78 is 80.2. The van der Waals surface area contributed by atoms with Crippen molar-refractivity contribution in [2.24, 2.45) is 0 Å². The van der Waals surface area contributed by atoms with Crippen LogP contribution in [0.5, 0.6) is 11.5 Å². The minimum Gasteiger partial charge on any atom is -0.510 e.